The second kappa shape index (κ2) is 6.70. The van der Waals surface area contributed by atoms with Gasteiger partial charge in [0.05, 0.1) is 5.56 Å². The highest BCUT2D eigenvalue weighted by Crippen LogP contribution is 2.28. The Morgan fingerprint density at radius 2 is 2.33 bits per heavy atom. The zero-order valence-corrected chi connectivity index (χ0v) is 14.4. The molecule has 1 amide bonds. The summed E-state index contributed by atoms with van der Waals surface area (Å²) < 4.78 is 5.34. The Kier molecular flexibility index (Phi) is 4.27. The largest absolute Gasteiger partial charge is 0.338 e. The van der Waals surface area contributed by atoms with Crippen molar-refractivity contribution in [3.05, 3.63) is 51.1 Å². The molecular formula is C17H15N3O2S2. The van der Waals surface area contributed by atoms with E-state index in [4.69, 9.17) is 4.52 Å². The molecule has 0 N–H and O–H groups in total. The normalized spacial score (nSPS) is 17.8. The Balaban J connectivity index is 1.40. The van der Waals surface area contributed by atoms with E-state index in [1.807, 2.05) is 45.3 Å². The molecule has 5 nitrogen and oxygen atoms in total. The molecule has 1 aliphatic rings. The number of aromatic nitrogens is 2. The number of hydrogen-bond acceptors (Lipinski definition) is 6. The summed E-state index contributed by atoms with van der Waals surface area (Å²) in [7, 11) is 0. The van der Waals surface area contributed by atoms with Gasteiger partial charge in [0, 0.05) is 35.3 Å². The second-order valence-corrected chi connectivity index (χ2v) is 7.35. The van der Waals surface area contributed by atoms with Crippen molar-refractivity contribution in [2.24, 2.45) is 0 Å². The Morgan fingerprint density at radius 3 is 3.12 bits per heavy atom. The number of thiophene rings is 2. The fraction of sp³-hybridized carbons (Fsp3) is 0.235. The average Bonchev–Trinajstić information content (AvgIpc) is 3.40. The van der Waals surface area contributed by atoms with E-state index >= 15 is 0 Å². The molecule has 1 unspecified atom stereocenters. The minimum Gasteiger partial charge on any atom is -0.338 e. The van der Waals surface area contributed by atoms with E-state index in [0.29, 0.717) is 18.3 Å². The van der Waals surface area contributed by atoms with Crippen LogP contribution in [0.1, 0.15) is 23.0 Å². The van der Waals surface area contributed by atoms with Crippen molar-refractivity contribution >= 4 is 34.7 Å². The summed E-state index contributed by atoms with van der Waals surface area (Å²) in [6.07, 6.45) is 4.37. The molecule has 1 aliphatic heterocycles. The van der Waals surface area contributed by atoms with Gasteiger partial charge in [-0.1, -0.05) is 11.2 Å². The van der Waals surface area contributed by atoms with Gasteiger partial charge in [-0.15, -0.1) is 11.3 Å². The smallest absolute Gasteiger partial charge is 0.258 e. The predicted octanol–water partition coefficient (Wildman–Crippen LogP) is 3.89. The number of carbonyl (C=O) groups is 1. The van der Waals surface area contributed by atoms with Gasteiger partial charge >= 0.3 is 0 Å². The molecule has 122 valence electrons. The number of rotatable bonds is 4. The van der Waals surface area contributed by atoms with E-state index in [1.165, 1.54) is 0 Å². The number of likely N-dealkylation sites (tertiary alicyclic amines) is 1. The van der Waals surface area contributed by atoms with E-state index in [1.54, 1.807) is 28.7 Å². The van der Waals surface area contributed by atoms with Gasteiger partial charge in [0.25, 0.3) is 5.89 Å². The maximum atomic E-state index is 12.3. The van der Waals surface area contributed by atoms with Crippen LogP contribution in [0.15, 0.2) is 44.9 Å². The maximum absolute atomic E-state index is 12.3. The van der Waals surface area contributed by atoms with Gasteiger partial charge in [-0.3, -0.25) is 4.79 Å². The Morgan fingerprint density at radius 1 is 1.38 bits per heavy atom. The minimum absolute atomic E-state index is 0.0347. The molecule has 7 heteroatoms. The van der Waals surface area contributed by atoms with Gasteiger partial charge in [-0.2, -0.15) is 16.3 Å². The van der Waals surface area contributed by atoms with Crippen molar-refractivity contribution in [1.29, 1.82) is 0 Å². The Bertz CT molecular complexity index is 837. The molecule has 0 aromatic carbocycles. The van der Waals surface area contributed by atoms with Crippen LogP contribution >= 0.6 is 22.7 Å². The third-order valence-electron chi connectivity index (χ3n) is 4.01. The topological polar surface area (TPSA) is 59.2 Å². The lowest BCUT2D eigenvalue weighted by atomic mass is 10.1. The molecule has 3 aromatic heterocycles. The highest BCUT2D eigenvalue weighted by atomic mass is 32.1. The molecule has 1 saturated heterocycles. The predicted molar refractivity (Wildman–Crippen MR) is 94.9 cm³/mol. The first kappa shape index (κ1) is 15.3. The van der Waals surface area contributed by atoms with Crippen molar-refractivity contribution in [2.75, 3.05) is 13.1 Å². The van der Waals surface area contributed by atoms with Crippen LogP contribution in [0.4, 0.5) is 0 Å². The van der Waals surface area contributed by atoms with Crippen LogP contribution in [0.2, 0.25) is 0 Å². The highest BCUT2D eigenvalue weighted by Gasteiger charge is 2.29. The highest BCUT2D eigenvalue weighted by molar-refractivity contribution is 7.10. The molecular weight excluding hydrogens is 342 g/mol. The summed E-state index contributed by atoms with van der Waals surface area (Å²) >= 11 is 3.21. The van der Waals surface area contributed by atoms with Crippen LogP contribution in [0.5, 0.6) is 0 Å². The molecule has 0 bridgehead atoms. The summed E-state index contributed by atoms with van der Waals surface area (Å²) in [5, 5.41) is 10.1. The van der Waals surface area contributed by atoms with Crippen LogP contribution < -0.4 is 0 Å². The number of hydrogen-bond donors (Lipinski definition) is 0. The molecule has 0 aliphatic carbocycles. The van der Waals surface area contributed by atoms with Gasteiger partial charge in [0.15, 0.2) is 5.82 Å². The van der Waals surface area contributed by atoms with Gasteiger partial charge in [0.1, 0.15) is 0 Å². The molecule has 3 aromatic rings. The van der Waals surface area contributed by atoms with Crippen LogP contribution in [-0.4, -0.2) is 34.0 Å². The van der Waals surface area contributed by atoms with Crippen molar-refractivity contribution in [3.8, 4) is 11.5 Å². The fourth-order valence-corrected chi connectivity index (χ4v) is 3.97. The van der Waals surface area contributed by atoms with Crippen molar-refractivity contribution < 1.29 is 9.32 Å². The lowest BCUT2D eigenvalue weighted by Gasteiger charge is -2.12. The first-order valence-corrected chi connectivity index (χ1v) is 9.48. The van der Waals surface area contributed by atoms with Crippen LogP contribution in [0, 0.1) is 0 Å². The van der Waals surface area contributed by atoms with E-state index in [0.717, 1.165) is 23.4 Å². The Hall–Kier alpha value is -2.25. The van der Waals surface area contributed by atoms with Crippen molar-refractivity contribution in [1.82, 2.24) is 15.0 Å². The van der Waals surface area contributed by atoms with Crippen molar-refractivity contribution in [2.45, 2.75) is 12.3 Å². The monoisotopic (exact) mass is 357 g/mol. The lowest BCUT2D eigenvalue weighted by molar-refractivity contribution is -0.124. The van der Waals surface area contributed by atoms with Gasteiger partial charge in [0.2, 0.25) is 5.91 Å². The summed E-state index contributed by atoms with van der Waals surface area (Å²) in [6.45, 7) is 1.36. The summed E-state index contributed by atoms with van der Waals surface area (Å²) in [4.78, 5) is 19.7. The van der Waals surface area contributed by atoms with Gasteiger partial charge in [-0.05, 0) is 35.4 Å². The van der Waals surface area contributed by atoms with E-state index < -0.39 is 0 Å². The fourth-order valence-electron chi connectivity index (χ4n) is 2.72. The van der Waals surface area contributed by atoms with E-state index in [2.05, 4.69) is 10.1 Å². The van der Waals surface area contributed by atoms with Gasteiger partial charge in [-0.25, -0.2) is 0 Å². The van der Waals surface area contributed by atoms with E-state index in [9.17, 15) is 4.79 Å². The molecule has 4 heterocycles. The zero-order valence-electron chi connectivity index (χ0n) is 12.8. The molecule has 0 spiro atoms. The summed E-state index contributed by atoms with van der Waals surface area (Å²) in [5.41, 5.74) is 0.948. The molecule has 1 atom stereocenters. The summed E-state index contributed by atoms with van der Waals surface area (Å²) in [6, 6.07) is 5.93. The molecule has 0 saturated carbocycles. The number of carbonyl (C=O) groups excluding carboxylic acids is 1. The molecule has 0 radical (unpaired) electrons. The van der Waals surface area contributed by atoms with Gasteiger partial charge < -0.3 is 9.42 Å². The first-order chi connectivity index (χ1) is 11.8. The van der Waals surface area contributed by atoms with Crippen molar-refractivity contribution in [3.63, 3.8) is 0 Å². The zero-order chi connectivity index (χ0) is 16.4. The quantitative estimate of drug-likeness (QED) is 0.665. The average molecular weight is 357 g/mol. The standard InChI is InChI=1S/C17H15N3O2S2/c21-15(4-3-14-2-1-8-24-14)20-7-5-12(10-20)16-18-17(22-19-16)13-6-9-23-11-13/h1-4,6,8-9,11-12H,5,7,10H2/b4-3+. The maximum Gasteiger partial charge on any atom is 0.258 e. The van der Waals surface area contributed by atoms with Crippen LogP contribution in [0.3, 0.4) is 0 Å². The molecule has 4 rings (SSSR count). The molecule has 1 fully saturated rings. The first-order valence-electron chi connectivity index (χ1n) is 7.66. The minimum atomic E-state index is 0.0347. The van der Waals surface area contributed by atoms with Crippen LogP contribution in [-0.2, 0) is 4.79 Å². The molecule has 24 heavy (non-hydrogen) atoms. The third-order valence-corrected chi connectivity index (χ3v) is 5.53. The third kappa shape index (κ3) is 3.18. The van der Waals surface area contributed by atoms with Crippen LogP contribution in [0.25, 0.3) is 17.5 Å². The number of nitrogens with zero attached hydrogens (tertiary/aromatic N) is 3. The second-order valence-electron chi connectivity index (χ2n) is 5.59. The SMILES string of the molecule is O=C(/C=C/c1cccs1)N1CCC(c2noc(-c3ccsc3)n2)C1. The lowest BCUT2D eigenvalue weighted by Crippen LogP contribution is -2.26. The van der Waals surface area contributed by atoms with E-state index in [-0.39, 0.29) is 11.8 Å². The Labute approximate surface area is 147 Å². The summed E-state index contributed by atoms with van der Waals surface area (Å²) in [5.74, 6) is 1.41. The number of amides is 1.